The van der Waals surface area contributed by atoms with Crippen molar-refractivity contribution in [1.29, 1.82) is 0 Å². The quantitative estimate of drug-likeness (QED) is 0.272. The summed E-state index contributed by atoms with van der Waals surface area (Å²) in [5.74, 6) is 0.844. The van der Waals surface area contributed by atoms with Crippen LogP contribution in [0.5, 0.6) is 0 Å². The molecule has 0 saturated carbocycles. The molecule has 0 aromatic heterocycles. The lowest BCUT2D eigenvalue weighted by atomic mass is 10.2. The van der Waals surface area contributed by atoms with Crippen molar-refractivity contribution in [2.75, 3.05) is 51.8 Å². The van der Waals surface area contributed by atoms with E-state index in [9.17, 15) is 0 Å². The van der Waals surface area contributed by atoms with Crippen molar-refractivity contribution < 1.29 is 4.74 Å². The molecule has 0 heterocycles. The number of halogens is 1. The number of para-hydroxylation sites is 1. The molecule has 23 heavy (non-hydrogen) atoms. The number of anilines is 1. The predicted molar refractivity (Wildman–Crippen MR) is 110 cm³/mol. The van der Waals surface area contributed by atoms with Gasteiger partial charge in [0.05, 0.1) is 0 Å². The topological polar surface area (TPSA) is 48.9 Å². The number of hydrogen-bond acceptors (Lipinski definition) is 3. The minimum Gasteiger partial charge on any atom is -0.385 e. The van der Waals surface area contributed by atoms with Crippen LogP contribution in [0.2, 0.25) is 0 Å². The fraction of sp³-hybridized carbons (Fsp3) is 0.588. The third-order valence-electron chi connectivity index (χ3n) is 3.55. The molecule has 1 aromatic rings. The van der Waals surface area contributed by atoms with Gasteiger partial charge in [-0.3, -0.25) is 4.99 Å². The van der Waals surface area contributed by atoms with Crippen LogP contribution in [0.4, 0.5) is 5.69 Å². The standard InChI is InChI=1S/C17H30N4O.HI/c1-5-21(16-10-7-6-9-15(16)2)13-12-20-17(18-3)19-11-8-14-22-4;/h6-7,9-10H,5,8,11-14H2,1-4H3,(H2,18,19,20);1H. The Kier molecular flexibility index (Phi) is 12.8. The van der Waals surface area contributed by atoms with E-state index in [4.69, 9.17) is 4.74 Å². The monoisotopic (exact) mass is 434 g/mol. The summed E-state index contributed by atoms with van der Waals surface area (Å²) in [5, 5.41) is 6.64. The first-order valence-electron chi connectivity index (χ1n) is 7.97. The normalized spacial score (nSPS) is 10.9. The minimum atomic E-state index is 0. The van der Waals surface area contributed by atoms with E-state index >= 15 is 0 Å². The molecular formula is C17H31IN4O. The van der Waals surface area contributed by atoms with Gasteiger partial charge >= 0.3 is 0 Å². The van der Waals surface area contributed by atoms with E-state index in [1.807, 2.05) is 0 Å². The zero-order chi connectivity index (χ0) is 16.2. The number of nitrogens with one attached hydrogen (secondary N) is 2. The SMILES string of the molecule is CCN(CCNC(=NC)NCCCOC)c1ccccc1C.I. The molecule has 0 aliphatic rings. The highest BCUT2D eigenvalue weighted by molar-refractivity contribution is 14.0. The first-order valence-corrected chi connectivity index (χ1v) is 7.97. The lowest BCUT2D eigenvalue weighted by Crippen LogP contribution is -2.42. The lowest BCUT2D eigenvalue weighted by Gasteiger charge is -2.25. The molecule has 0 fully saturated rings. The number of aryl methyl sites for hydroxylation is 1. The molecule has 0 spiro atoms. The zero-order valence-corrected chi connectivity index (χ0v) is 17.1. The van der Waals surface area contributed by atoms with E-state index in [1.165, 1.54) is 11.3 Å². The van der Waals surface area contributed by atoms with Gasteiger partial charge in [0.25, 0.3) is 0 Å². The Bertz CT molecular complexity index is 454. The van der Waals surface area contributed by atoms with Gasteiger partial charge in [-0.2, -0.15) is 0 Å². The van der Waals surface area contributed by atoms with Crippen molar-refractivity contribution in [2.45, 2.75) is 20.3 Å². The largest absolute Gasteiger partial charge is 0.385 e. The Labute approximate surface area is 157 Å². The van der Waals surface area contributed by atoms with E-state index in [-0.39, 0.29) is 24.0 Å². The van der Waals surface area contributed by atoms with Gasteiger partial charge in [0, 0.05) is 52.6 Å². The lowest BCUT2D eigenvalue weighted by molar-refractivity contribution is 0.195. The van der Waals surface area contributed by atoms with E-state index in [1.54, 1.807) is 14.2 Å². The number of likely N-dealkylation sites (N-methyl/N-ethyl adjacent to an activating group) is 1. The van der Waals surface area contributed by atoms with Crippen molar-refractivity contribution in [3.8, 4) is 0 Å². The summed E-state index contributed by atoms with van der Waals surface area (Å²) in [4.78, 5) is 6.61. The second-order valence-electron chi connectivity index (χ2n) is 5.14. The van der Waals surface area contributed by atoms with Crippen molar-refractivity contribution in [3.05, 3.63) is 29.8 Å². The van der Waals surface area contributed by atoms with Crippen LogP contribution in [0.3, 0.4) is 0 Å². The summed E-state index contributed by atoms with van der Waals surface area (Å²) in [6, 6.07) is 8.50. The molecule has 1 rings (SSSR count). The van der Waals surface area contributed by atoms with E-state index in [0.29, 0.717) is 0 Å². The number of aliphatic imine (C=N–C) groups is 1. The van der Waals surface area contributed by atoms with E-state index in [2.05, 4.69) is 58.6 Å². The average Bonchev–Trinajstić information content (AvgIpc) is 2.54. The fourth-order valence-corrected chi connectivity index (χ4v) is 2.32. The highest BCUT2D eigenvalue weighted by atomic mass is 127. The second-order valence-corrected chi connectivity index (χ2v) is 5.14. The molecule has 0 aliphatic carbocycles. The molecule has 0 bridgehead atoms. The zero-order valence-electron chi connectivity index (χ0n) is 14.8. The molecule has 0 atom stereocenters. The van der Waals surface area contributed by atoms with Crippen LogP contribution in [0.1, 0.15) is 18.9 Å². The van der Waals surface area contributed by atoms with Crippen LogP contribution in [0.25, 0.3) is 0 Å². The summed E-state index contributed by atoms with van der Waals surface area (Å²) in [6.45, 7) is 8.76. The Morgan fingerprint density at radius 1 is 1.22 bits per heavy atom. The second kappa shape index (κ2) is 13.4. The fourth-order valence-electron chi connectivity index (χ4n) is 2.32. The number of hydrogen-bond donors (Lipinski definition) is 2. The van der Waals surface area contributed by atoms with Gasteiger partial charge in [0.15, 0.2) is 5.96 Å². The van der Waals surface area contributed by atoms with Crippen molar-refractivity contribution in [2.24, 2.45) is 4.99 Å². The van der Waals surface area contributed by atoms with Gasteiger partial charge in [0.1, 0.15) is 0 Å². The van der Waals surface area contributed by atoms with Gasteiger partial charge in [-0.25, -0.2) is 0 Å². The van der Waals surface area contributed by atoms with Crippen molar-refractivity contribution in [3.63, 3.8) is 0 Å². The molecule has 0 amide bonds. The average molecular weight is 434 g/mol. The van der Waals surface area contributed by atoms with Crippen molar-refractivity contribution >= 4 is 35.6 Å². The first kappa shape index (κ1) is 22.0. The number of benzene rings is 1. The summed E-state index contributed by atoms with van der Waals surface area (Å²) < 4.78 is 5.04. The number of methoxy groups -OCH3 is 1. The minimum absolute atomic E-state index is 0. The Morgan fingerprint density at radius 3 is 2.52 bits per heavy atom. The van der Waals surface area contributed by atoms with Crippen LogP contribution >= 0.6 is 24.0 Å². The Balaban J connectivity index is 0.00000484. The molecule has 132 valence electrons. The third kappa shape index (κ3) is 8.41. The Hall–Kier alpha value is -1.02. The van der Waals surface area contributed by atoms with Gasteiger partial charge in [-0.05, 0) is 31.9 Å². The van der Waals surface area contributed by atoms with E-state index < -0.39 is 0 Å². The highest BCUT2D eigenvalue weighted by Gasteiger charge is 2.06. The number of guanidine groups is 1. The van der Waals surface area contributed by atoms with Crippen LogP contribution in [-0.4, -0.2) is 52.9 Å². The maximum atomic E-state index is 5.04. The van der Waals surface area contributed by atoms with Crippen LogP contribution in [-0.2, 0) is 4.74 Å². The van der Waals surface area contributed by atoms with Gasteiger partial charge in [-0.1, -0.05) is 18.2 Å². The number of ether oxygens (including phenoxy) is 1. The number of nitrogens with zero attached hydrogens (tertiary/aromatic N) is 2. The predicted octanol–water partition coefficient (Wildman–Crippen LogP) is 2.64. The number of rotatable bonds is 9. The molecular weight excluding hydrogens is 403 g/mol. The summed E-state index contributed by atoms with van der Waals surface area (Å²) in [6.07, 6.45) is 0.974. The molecule has 5 nitrogen and oxygen atoms in total. The third-order valence-corrected chi connectivity index (χ3v) is 3.55. The first-order chi connectivity index (χ1) is 10.7. The van der Waals surface area contributed by atoms with Crippen molar-refractivity contribution in [1.82, 2.24) is 10.6 Å². The maximum Gasteiger partial charge on any atom is 0.191 e. The van der Waals surface area contributed by atoms with Gasteiger partial charge in [0.2, 0.25) is 0 Å². The van der Waals surface area contributed by atoms with E-state index in [0.717, 1.165) is 45.2 Å². The summed E-state index contributed by atoms with van der Waals surface area (Å²) in [7, 11) is 3.52. The molecule has 0 radical (unpaired) electrons. The molecule has 0 unspecified atom stereocenters. The molecule has 1 aromatic carbocycles. The molecule has 0 aliphatic heterocycles. The summed E-state index contributed by atoms with van der Waals surface area (Å²) >= 11 is 0. The highest BCUT2D eigenvalue weighted by Crippen LogP contribution is 2.18. The molecule has 0 saturated heterocycles. The van der Waals surface area contributed by atoms with Crippen LogP contribution < -0.4 is 15.5 Å². The molecule has 2 N–H and O–H groups in total. The smallest absolute Gasteiger partial charge is 0.191 e. The van der Waals surface area contributed by atoms with Gasteiger partial charge in [-0.15, -0.1) is 24.0 Å². The maximum absolute atomic E-state index is 5.04. The Morgan fingerprint density at radius 2 is 1.91 bits per heavy atom. The summed E-state index contributed by atoms with van der Waals surface area (Å²) in [5.41, 5.74) is 2.61. The van der Waals surface area contributed by atoms with Gasteiger partial charge < -0.3 is 20.3 Å². The van der Waals surface area contributed by atoms with Crippen LogP contribution in [0, 0.1) is 6.92 Å². The van der Waals surface area contributed by atoms with Crippen LogP contribution in [0.15, 0.2) is 29.3 Å². The molecule has 6 heteroatoms.